The van der Waals surface area contributed by atoms with Crippen molar-refractivity contribution < 1.29 is 48.3 Å². The van der Waals surface area contributed by atoms with Gasteiger partial charge in [0.05, 0.1) is 26.4 Å². The molecule has 2 N–H and O–H groups in total. The zero-order valence-corrected chi connectivity index (χ0v) is 20.3. The Morgan fingerprint density at radius 2 is 0.618 bits per heavy atom. The fourth-order valence-corrected chi connectivity index (χ4v) is 2.74. The van der Waals surface area contributed by atoms with Gasteiger partial charge < -0.3 is 29.2 Å². The zero-order chi connectivity index (χ0) is 25.3. The molecule has 0 atom stereocenters. The summed E-state index contributed by atoms with van der Waals surface area (Å²) in [6.45, 7) is 1.29. The van der Waals surface area contributed by atoms with Crippen molar-refractivity contribution in [1.82, 2.24) is 0 Å². The van der Waals surface area contributed by atoms with E-state index in [2.05, 4.69) is 0 Å². The first kappa shape index (κ1) is 31.8. The first-order valence-corrected chi connectivity index (χ1v) is 12.3. The lowest BCUT2D eigenvalue weighted by molar-refractivity contribution is -0.147. The fourth-order valence-electron chi connectivity index (χ4n) is 2.74. The van der Waals surface area contributed by atoms with E-state index < -0.39 is 0 Å². The van der Waals surface area contributed by atoms with Crippen LogP contribution in [0.3, 0.4) is 0 Å². The number of carbonyl (C=O) groups excluding carboxylic acids is 4. The van der Waals surface area contributed by atoms with Crippen molar-refractivity contribution in [2.45, 2.75) is 89.9 Å². The molecule has 0 spiro atoms. The van der Waals surface area contributed by atoms with Crippen molar-refractivity contribution in [2.75, 3.05) is 39.6 Å². The second kappa shape index (κ2) is 23.9. The molecule has 0 aromatic heterocycles. The highest BCUT2D eigenvalue weighted by molar-refractivity contribution is 5.71. The number of aliphatic hydroxyl groups is 2. The smallest absolute Gasteiger partial charge is 0.305 e. The maximum absolute atomic E-state index is 11.7. The number of hydrogen-bond donors (Lipinski definition) is 2. The first-order chi connectivity index (χ1) is 16.5. The third-order valence-electron chi connectivity index (χ3n) is 4.72. The quantitative estimate of drug-likeness (QED) is 0.124. The van der Waals surface area contributed by atoms with E-state index in [4.69, 9.17) is 29.2 Å². The summed E-state index contributed by atoms with van der Waals surface area (Å²) in [5, 5.41) is 17.3. The number of carbonyl (C=O) groups is 4. The molecule has 0 unspecified atom stereocenters. The van der Waals surface area contributed by atoms with E-state index in [1.54, 1.807) is 0 Å². The Morgan fingerprint density at radius 1 is 0.382 bits per heavy atom. The monoisotopic (exact) mass is 490 g/mol. The van der Waals surface area contributed by atoms with Gasteiger partial charge in [-0.25, -0.2) is 0 Å². The molecule has 198 valence electrons. The molecule has 0 aliphatic rings. The van der Waals surface area contributed by atoms with E-state index in [0.29, 0.717) is 77.4 Å². The third kappa shape index (κ3) is 23.0. The van der Waals surface area contributed by atoms with Crippen molar-refractivity contribution in [3.05, 3.63) is 0 Å². The average Bonchev–Trinajstić information content (AvgIpc) is 2.82. The van der Waals surface area contributed by atoms with E-state index in [-0.39, 0.29) is 76.0 Å². The predicted molar refractivity (Wildman–Crippen MR) is 123 cm³/mol. The SMILES string of the molecule is O=C(CCCCC(=O)OCCCCOC(=O)CCCCC(=O)OCCCCO)OCCCCO. The number of ether oxygens (including phenoxy) is 4. The molecule has 0 bridgehead atoms. The van der Waals surface area contributed by atoms with Crippen molar-refractivity contribution >= 4 is 23.9 Å². The molecule has 34 heavy (non-hydrogen) atoms. The zero-order valence-electron chi connectivity index (χ0n) is 20.3. The molecule has 10 heteroatoms. The Bertz CT molecular complexity index is 502. The lowest BCUT2D eigenvalue weighted by atomic mass is 10.2. The second-order valence-electron chi connectivity index (χ2n) is 7.86. The van der Waals surface area contributed by atoms with Crippen LogP contribution in [-0.4, -0.2) is 73.7 Å². The molecule has 0 saturated carbocycles. The molecule has 0 fully saturated rings. The second-order valence-corrected chi connectivity index (χ2v) is 7.86. The molecule has 0 saturated heterocycles. The van der Waals surface area contributed by atoms with Crippen molar-refractivity contribution in [1.29, 1.82) is 0 Å². The van der Waals surface area contributed by atoms with E-state index in [1.807, 2.05) is 0 Å². The van der Waals surface area contributed by atoms with Crippen LogP contribution in [-0.2, 0) is 38.1 Å². The van der Waals surface area contributed by atoms with E-state index in [9.17, 15) is 19.2 Å². The molecule has 0 aromatic rings. The minimum atomic E-state index is -0.319. The van der Waals surface area contributed by atoms with E-state index in [0.717, 1.165) is 0 Å². The van der Waals surface area contributed by atoms with Crippen LogP contribution in [0.5, 0.6) is 0 Å². The van der Waals surface area contributed by atoms with Crippen LogP contribution in [0.4, 0.5) is 0 Å². The maximum atomic E-state index is 11.7. The Kier molecular flexibility index (Phi) is 22.4. The summed E-state index contributed by atoms with van der Waals surface area (Å²) < 4.78 is 20.2. The van der Waals surface area contributed by atoms with Gasteiger partial charge in [-0.15, -0.1) is 0 Å². The van der Waals surface area contributed by atoms with Crippen LogP contribution in [0.25, 0.3) is 0 Å². The number of unbranched alkanes of at least 4 members (excludes halogenated alkanes) is 5. The van der Waals surface area contributed by atoms with Gasteiger partial charge in [0.1, 0.15) is 0 Å². The summed E-state index contributed by atoms with van der Waals surface area (Å²) >= 11 is 0. The van der Waals surface area contributed by atoms with Crippen LogP contribution in [0.1, 0.15) is 89.9 Å². The molecule has 0 aliphatic heterocycles. The Hall–Kier alpha value is -2.20. The minimum absolute atomic E-state index is 0.0833. The summed E-state index contributed by atoms with van der Waals surface area (Å²) in [7, 11) is 0. The third-order valence-corrected chi connectivity index (χ3v) is 4.72. The summed E-state index contributed by atoms with van der Waals surface area (Å²) in [6.07, 6.45) is 6.84. The van der Waals surface area contributed by atoms with Crippen LogP contribution in [0.15, 0.2) is 0 Å². The fraction of sp³-hybridized carbons (Fsp3) is 0.833. The highest BCUT2D eigenvalue weighted by Crippen LogP contribution is 2.06. The molecule has 0 radical (unpaired) electrons. The normalized spacial score (nSPS) is 10.5. The number of rotatable bonds is 23. The lowest BCUT2D eigenvalue weighted by Crippen LogP contribution is -2.10. The maximum Gasteiger partial charge on any atom is 0.305 e. The van der Waals surface area contributed by atoms with Gasteiger partial charge in [0, 0.05) is 38.9 Å². The van der Waals surface area contributed by atoms with E-state index in [1.165, 1.54) is 0 Å². The van der Waals surface area contributed by atoms with Crippen molar-refractivity contribution in [3.8, 4) is 0 Å². The van der Waals surface area contributed by atoms with Crippen molar-refractivity contribution in [3.63, 3.8) is 0 Å². The highest BCUT2D eigenvalue weighted by Gasteiger charge is 2.08. The largest absolute Gasteiger partial charge is 0.466 e. The molecule has 0 heterocycles. The van der Waals surface area contributed by atoms with Crippen LogP contribution < -0.4 is 0 Å². The van der Waals surface area contributed by atoms with E-state index >= 15 is 0 Å². The molecule has 0 rings (SSSR count). The average molecular weight is 491 g/mol. The topological polar surface area (TPSA) is 146 Å². The van der Waals surface area contributed by atoms with Gasteiger partial charge in [-0.3, -0.25) is 19.2 Å². The van der Waals surface area contributed by atoms with Gasteiger partial charge in [-0.05, 0) is 64.2 Å². The summed E-state index contributed by atoms with van der Waals surface area (Å²) in [5.41, 5.74) is 0. The minimum Gasteiger partial charge on any atom is -0.466 e. The Labute approximate surface area is 202 Å². The summed E-state index contributed by atoms with van der Waals surface area (Å²) in [5.74, 6) is -1.23. The standard InChI is InChI=1S/C24H42O10/c25-15-5-7-17-31-21(27)11-1-3-13-23(29)33-19-9-10-20-34-24(30)14-4-2-12-22(28)32-18-8-6-16-26/h25-26H,1-20H2. The molecular weight excluding hydrogens is 448 g/mol. The molecular formula is C24H42O10. The van der Waals surface area contributed by atoms with Gasteiger partial charge in [-0.2, -0.15) is 0 Å². The molecule has 0 amide bonds. The lowest BCUT2D eigenvalue weighted by Gasteiger charge is -2.07. The Balaban J connectivity index is 3.45. The molecule has 0 aliphatic carbocycles. The molecule has 0 aromatic carbocycles. The van der Waals surface area contributed by atoms with Gasteiger partial charge in [0.2, 0.25) is 0 Å². The number of aliphatic hydroxyl groups excluding tert-OH is 2. The first-order valence-electron chi connectivity index (χ1n) is 12.3. The number of hydrogen-bond acceptors (Lipinski definition) is 10. The molecule has 10 nitrogen and oxygen atoms in total. The Morgan fingerprint density at radius 3 is 0.853 bits per heavy atom. The van der Waals surface area contributed by atoms with Crippen LogP contribution in [0.2, 0.25) is 0 Å². The summed E-state index contributed by atoms with van der Waals surface area (Å²) in [6, 6.07) is 0. The van der Waals surface area contributed by atoms with Crippen molar-refractivity contribution in [2.24, 2.45) is 0 Å². The van der Waals surface area contributed by atoms with Gasteiger partial charge in [0.15, 0.2) is 0 Å². The van der Waals surface area contributed by atoms with Gasteiger partial charge in [-0.1, -0.05) is 0 Å². The summed E-state index contributed by atoms with van der Waals surface area (Å²) in [4.78, 5) is 46.3. The van der Waals surface area contributed by atoms with Gasteiger partial charge in [0.25, 0.3) is 0 Å². The predicted octanol–water partition coefficient (Wildman–Crippen LogP) is 2.61. The number of esters is 4. The van der Waals surface area contributed by atoms with Gasteiger partial charge >= 0.3 is 23.9 Å². The van der Waals surface area contributed by atoms with Crippen LogP contribution in [0, 0.1) is 0 Å². The van der Waals surface area contributed by atoms with Crippen LogP contribution >= 0.6 is 0 Å². The highest BCUT2D eigenvalue weighted by atomic mass is 16.5.